The Bertz CT molecular complexity index is 362. The van der Waals surface area contributed by atoms with Crippen LogP contribution in [0, 0.1) is 0 Å². The quantitative estimate of drug-likeness (QED) is 0.846. The van der Waals surface area contributed by atoms with Crippen LogP contribution in [0.5, 0.6) is 5.75 Å². The van der Waals surface area contributed by atoms with Gasteiger partial charge in [-0.3, -0.25) is 9.78 Å². The molecule has 0 radical (unpaired) electrons. The van der Waals surface area contributed by atoms with Gasteiger partial charge in [0.1, 0.15) is 5.75 Å². The van der Waals surface area contributed by atoms with Crippen molar-refractivity contribution < 1.29 is 22.7 Å². The number of pyridine rings is 1. The van der Waals surface area contributed by atoms with Crippen LogP contribution in [0.3, 0.4) is 0 Å². The van der Waals surface area contributed by atoms with Gasteiger partial charge in [0.2, 0.25) is 5.91 Å². The number of nitrogens with zero attached hydrogens (tertiary/aromatic N) is 1. The highest BCUT2D eigenvalue weighted by atomic mass is 19.4. The summed E-state index contributed by atoms with van der Waals surface area (Å²) in [5, 5.41) is 0. The van der Waals surface area contributed by atoms with Crippen molar-refractivity contribution in [2.45, 2.75) is 12.6 Å². The number of ether oxygens (including phenoxy) is 1. The van der Waals surface area contributed by atoms with Crippen molar-refractivity contribution in [1.82, 2.24) is 4.98 Å². The Morgan fingerprint density at radius 2 is 2.12 bits per heavy atom. The molecular formula is C9H9F3N2O2. The minimum atomic E-state index is -4.38. The molecule has 0 spiro atoms. The van der Waals surface area contributed by atoms with Crippen LogP contribution in [0.15, 0.2) is 18.3 Å². The fourth-order valence-corrected chi connectivity index (χ4v) is 0.945. The molecule has 0 aliphatic rings. The Labute approximate surface area is 89.2 Å². The number of halogens is 3. The molecule has 88 valence electrons. The lowest BCUT2D eigenvalue weighted by atomic mass is 10.2. The molecule has 0 atom stereocenters. The number of carbonyl (C=O) groups is 1. The predicted octanol–water partition coefficient (Wildman–Crippen LogP) is 1.05. The lowest BCUT2D eigenvalue weighted by molar-refractivity contribution is -0.153. The van der Waals surface area contributed by atoms with Crippen LogP contribution in [0.2, 0.25) is 0 Å². The van der Waals surface area contributed by atoms with Gasteiger partial charge in [0.05, 0.1) is 12.6 Å². The van der Waals surface area contributed by atoms with Crippen molar-refractivity contribution in [3.8, 4) is 5.75 Å². The second kappa shape index (κ2) is 4.82. The minimum Gasteiger partial charge on any atom is -0.483 e. The molecular weight excluding hydrogens is 225 g/mol. The fourth-order valence-electron chi connectivity index (χ4n) is 0.945. The minimum absolute atomic E-state index is 0.00875. The van der Waals surface area contributed by atoms with E-state index in [1.54, 1.807) is 0 Å². The maximum atomic E-state index is 11.8. The molecule has 0 unspecified atom stereocenters. The van der Waals surface area contributed by atoms with Crippen molar-refractivity contribution in [1.29, 1.82) is 0 Å². The van der Waals surface area contributed by atoms with E-state index in [0.29, 0.717) is 5.69 Å². The average molecular weight is 234 g/mol. The molecule has 0 saturated carbocycles. The van der Waals surface area contributed by atoms with Gasteiger partial charge in [0.15, 0.2) is 6.61 Å². The summed E-state index contributed by atoms with van der Waals surface area (Å²) < 4.78 is 39.8. The molecule has 1 rings (SSSR count). The van der Waals surface area contributed by atoms with E-state index in [4.69, 9.17) is 5.73 Å². The van der Waals surface area contributed by atoms with Crippen LogP contribution >= 0.6 is 0 Å². The molecule has 16 heavy (non-hydrogen) atoms. The number of amides is 1. The number of nitrogens with two attached hydrogens (primary N) is 1. The summed E-state index contributed by atoms with van der Waals surface area (Å²) in [6.07, 6.45) is -3.32. The van der Waals surface area contributed by atoms with Gasteiger partial charge in [0.25, 0.3) is 0 Å². The molecule has 7 heteroatoms. The summed E-state index contributed by atoms with van der Waals surface area (Å²) >= 11 is 0. The molecule has 1 amide bonds. The van der Waals surface area contributed by atoms with Crippen molar-refractivity contribution in [2.75, 3.05) is 6.61 Å². The van der Waals surface area contributed by atoms with Crippen LogP contribution in [0.1, 0.15) is 5.69 Å². The third-order valence-corrected chi connectivity index (χ3v) is 1.56. The second-order valence-corrected chi connectivity index (χ2v) is 3.03. The molecule has 0 bridgehead atoms. The van der Waals surface area contributed by atoms with E-state index < -0.39 is 18.7 Å². The van der Waals surface area contributed by atoms with Gasteiger partial charge >= 0.3 is 6.18 Å². The highest BCUT2D eigenvalue weighted by Crippen LogP contribution is 2.17. The van der Waals surface area contributed by atoms with E-state index in [0.717, 1.165) is 6.20 Å². The molecule has 0 aliphatic heterocycles. The van der Waals surface area contributed by atoms with Crippen LogP contribution in [0.4, 0.5) is 13.2 Å². The Morgan fingerprint density at radius 3 is 2.56 bits per heavy atom. The SMILES string of the molecule is NC(=O)Cc1ccc(OCC(F)(F)F)cn1. The van der Waals surface area contributed by atoms with E-state index in [2.05, 4.69) is 9.72 Å². The zero-order chi connectivity index (χ0) is 12.2. The van der Waals surface area contributed by atoms with Crippen LogP contribution in [-0.2, 0) is 11.2 Å². The maximum Gasteiger partial charge on any atom is 0.422 e. The van der Waals surface area contributed by atoms with Crippen molar-refractivity contribution in [2.24, 2.45) is 5.73 Å². The first kappa shape index (κ1) is 12.3. The first-order valence-electron chi connectivity index (χ1n) is 4.29. The summed E-state index contributed by atoms with van der Waals surface area (Å²) in [6, 6.07) is 2.69. The normalized spacial score (nSPS) is 11.2. The van der Waals surface area contributed by atoms with E-state index in [-0.39, 0.29) is 12.2 Å². The number of primary amides is 1. The van der Waals surface area contributed by atoms with Gasteiger partial charge in [-0.1, -0.05) is 0 Å². The van der Waals surface area contributed by atoms with Gasteiger partial charge in [-0.2, -0.15) is 13.2 Å². The van der Waals surface area contributed by atoms with E-state index in [1.807, 2.05) is 0 Å². The summed E-state index contributed by atoms with van der Waals surface area (Å²) in [4.78, 5) is 14.2. The number of aromatic nitrogens is 1. The molecule has 1 aromatic heterocycles. The number of hydrogen-bond acceptors (Lipinski definition) is 3. The molecule has 0 aliphatic carbocycles. The lowest BCUT2D eigenvalue weighted by Crippen LogP contribution is -2.19. The predicted molar refractivity (Wildman–Crippen MR) is 48.7 cm³/mol. The fraction of sp³-hybridized carbons (Fsp3) is 0.333. The Morgan fingerprint density at radius 1 is 1.44 bits per heavy atom. The van der Waals surface area contributed by atoms with Crippen LogP contribution < -0.4 is 10.5 Å². The Hall–Kier alpha value is -1.79. The third-order valence-electron chi connectivity index (χ3n) is 1.56. The molecule has 1 heterocycles. The zero-order valence-electron chi connectivity index (χ0n) is 8.12. The Balaban J connectivity index is 2.55. The van der Waals surface area contributed by atoms with Crippen LogP contribution in [-0.4, -0.2) is 23.7 Å². The Kier molecular flexibility index (Phi) is 3.70. The number of rotatable bonds is 4. The smallest absolute Gasteiger partial charge is 0.422 e. The first-order valence-corrected chi connectivity index (χ1v) is 4.29. The van der Waals surface area contributed by atoms with E-state index in [9.17, 15) is 18.0 Å². The molecule has 0 aromatic carbocycles. The molecule has 0 saturated heterocycles. The van der Waals surface area contributed by atoms with Crippen molar-refractivity contribution in [3.63, 3.8) is 0 Å². The van der Waals surface area contributed by atoms with E-state index in [1.165, 1.54) is 12.1 Å². The number of alkyl halides is 3. The average Bonchev–Trinajstić information content (AvgIpc) is 2.14. The third kappa shape index (κ3) is 4.63. The second-order valence-electron chi connectivity index (χ2n) is 3.03. The van der Waals surface area contributed by atoms with Crippen molar-refractivity contribution in [3.05, 3.63) is 24.0 Å². The molecule has 2 N–H and O–H groups in total. The van der Waals surface area contributed by atoms with Gasteiger partial charge in [-0.25, -0.2) is 0 Å². The van der Waals surface area contributed by atoms with Gasteiger partial charge in [0, 0.05) is 5.69 Å². The maximum absolute atomic E-state index is 11.8. The number of hydrogen-bond donors (Lipinski definition) is 1. The van der Waals surface area contributed by atoms with Gasteiger partial charge in [-0.05, 0) is 12.1 Å². The highest BCUT2D eigenvalue weighted by Gasteiger charge is 2.28. The highest BCUT2D eigenvalue weighted by molar-refractivity contribution is 5.76. The summed E-state index contributed by atoms with van der Waals surface area (Å²) in [6.45, 7) is -1.37. The first-order chi connectivity index (χ1) is 7.37. The molecule has 0 fully saturated rings. The summed E-state index contributed by atoms with van der Waals surface area (Å²) in [5.41, 5.74) is 5.30. The van der Waals surface area contributed by atoms with Crippen LogP contribution in [0.25, 0.3) is 0 Å². The van der Waals surface area contributed by atoms with Gasteiger partial charge < -0.3 is 10.5 Å². The topological polar surface area (TPSA) is 65.2 Å². The van der Waals surface area contributed by atoms with E-state index >= 15 is 0 Å². The standard InChI is InChI=1S/C9H9F3N2O2/c10-9(11,12)5-16-7-2-1-6(14-4-7)3-8(13)15/h1-2,4H,3,5H2,(H2,13,15). The zero-order valence-corrected chi connectivity index (χ0v) is 8.12. The number of carbonyl (C=O) groups excluding carboxylic acids is 1. The summed E-state index contributed by atoms with van der Waals surface area (Å²) in [5.74, 6) is -0.568. The van der Waals surface area contributed by atoms with Gasteiger partial charge in [-0.15, -0.1) is 0 Å². The molecule has 4 nitrogen and oxygen atoms in total. The van der Waals surface area contributed by atoms with Crippen molar-refractivity contribution >= 4 is 5.91 Å². The largest absolute Gasteiger partial charge is 0.483 e. The lowest BCUT2D eigenvalue weighted by Gasteiger charge is -2.08. The monoisotopic (exact) mass is 234 g/mol. The summed E-state index contributed by atoms with van der Waals surface area (Å²) in [7, 11) is 0. The molecule has 1 aromatic rings.